The van der Waals surface area contributed by atoms with Crippen LogP contribution in [0.3, 0.4) is 0 Å². The minimum Gasteiger partial charge on any atom is -0.464 e. The van der Waals surface area contributed by atoms with Crippen LogP contribution in [0.15, 0.2) is 0 Å². The smallest absolute Gasteiger partial charge is 0.319 e. The second-order valence-corrected chi connectivity index (χ2v) is 4.49. The van der Waals surface area contributed by atoms with Gasteiger partial charge in [-0.25, -0.2) is 0 Å². The van der Waals surface area contributed by atoms with Gasteiger partial charge in [-0.05, 0) is 31.7 Å². The van der Waals surface area contributed by atoms with Gasteiger partial charge in [-0.3, -0.25) is 4.79 Å². The minimum absolute atomic E-state index is 0.137. The molecular formula is C11H19NO3. The molecule has 1 N–H and O–H groups in total. The molecule has 0 aromatic carbocycles. The molecule has 1 heterocycles. The van der Waals surface area contributed by atoms with E-state index in [1.165, 1.54) is 12.8 Å². The zero-order valence-electron chi connectivity index (χ0n) is 9.04. The van der Waals surface area contributed by atoms with Gasteiger partial charge in [-0.2, -0.15) is 0 Å². The number of rotatable bonds is 6. The number of nitrogens with one attached hydrogen (secondary N) is 1. The van der Waals surface area contributed by atoms with Crippen molar-refractivity contribution < 1.29 is 14.3 Å². The SMILES string of the molecule is O=C(CNCC1CC1)OCC1CCOC1. The molecule has 1 unspecified atom stereocenters. The fourth-order valence-corrected chi connectivity index (χ4v) is 1.68. The van der Waals surface area contributed by atoms with Crippen LogP contribution in [-0.2, 0) is 14.3 Å². The van der Waals surface area contributed by atoms with Crippen molar-refractivity contribution >= 4 is 5.97 Å². The van der Waals surface area contributed by atoms with Gasteiger partial charge in [-0.15, -0.1) is 0 Å². The second-order valence-electron chi connectivity index (χ2n) is 4.49. The van der Waals surface area contributed by atoms with Gasteiger partial charge in [0, 0.05) is 12.5 Å². The van der Waals surface area contributed by atoms with Crippen molar-refractivity contribution in [2.45, 2.75) is 19.3 Å². The predicted molar refractivity (Wildman–Crippen MR) is 55.5 cm³/mol. The molecule has 0 amide bonds. The standard InChI is InChI=1S/C11H19NO3/c13-11(6-12-5-9-1-2-9)15-8-10-3-4-14-7-10/h9-10,12H,1-8H2. The maximum Gasteiger partial charge on any atom is 0.319 e. The molecule has 86 valence electrons. The molecule has 1 aliphatic heterocycles. The first kappa shape index (κ1) is 10.9. The molecule has 0 radical (unpaired) electrons. The number of hydrogen-bond acceptors (Lipinski definition) is 4. The summed E-state index contributed by atoms with van der Waals surface area (Å²) >= 11 is 0. The summed E-state index contributed by atoms with van der Waals surface area (Å²) in [5.74, 6) is 1.08. The molecule has 4 heteroatoms. The fraction of sp³-hybridized carbons (Fsp3) is 0.909. The van der Waals surface area contributed by atoms with Gasteiger partial charge < -0.3 is 14.8 Å². The number of ether oxygens (including phenoxy) is 2. The Morgan fingerprint density at radius 3 is 2.87 bits per heavy atom. The first-order chi connectivity index (χ1) is 7.34. The van der Waals surface area contributed by atoms with E-state index in [2.05, 4.69) is 5.32 Å². The lowest BCUT2D eigenvalue weighted by atomic mass is 10.1. The Morgan fingerprint density at radius 2 is 2.20 bits per heavy atom. The first-order valence-corrected chi connectivity index (χ1v) is 5.78. The average molecular weight is 213 g/mol. The van der Waals surface area contributed by atoms with E-state index in [-0.39, 0.29) is 5.97 Å². The van der Waals surface area contributed by atoms with E-state index >= 15 is 0 Å². The lowest BCUT2D eigenvalue weighted by Gasteiger charge is -2.09. The molecule has 0 aromatic heterocycles. The van der Waals surface area contributed by atoms with E-state index in [1.54, 1.807) is 0 Å². The van der Waals surface area contributed by atoms with E-state index < -0.39 is 0 Å². The van der Waals surface area contributed by atoms with Crippen molar-refractivity contribution in [3.63, 3.8) is 0 Å². The topological polar surface area (TPSA) is 47.6 Å². The highest BCUT2D eigenvalue weighted by Gasteiger charge is 2.21. The minimum atomic E-state index is -0.137. The number of esters is 1. The molecule has 15 heavy (non-hydrogen) atoms. The Kier molecular flexibility index (Phi) is 3.97. The van der Waals surface area contributed by atoms with Gasteiger partial charge in [0.2, 0.25) is 0 Å². The van der Waals surface area contributed by atoms with Crippen molar-refractivity contribution in [3.05, 3.63) is 0 Å². The molecule has 1 aliphatic carbocycles. The van der Waals surface area contributed by atoms with Crippen LogP contribution in [-0.4, -0.2) is 38.9 Å². The number of hydrogen-bond donors (Lipinski definition) is 1. The largest absolute Gasteiger partial charge is 0.464 e. The molecule has 4 nitrogen and oxygen atoms in total. The Hall–Kier alpha value is -0.610. The molecular weight excluding hydrogens is 194 g/mol. The van der Waals surface area contributed by atoms with Crippen LogP contribution in [0.25, 0.3) is 0 Å². The van der Waals surface area contributed by atoms with Crippen LogP contribution < -0.4 is 5.32 Å². The zero-order chi connectivity index (χ0) is 10.5. The summed E-state index contributed by atoms with van der Waals surface area (Å²) in [5, 5.41) is 3.12. The van der Waals surface area contributed by atoms with E-state index in [0.717, 1.165) is 32.1 Å². The highest BCUT2D eigenvalue weighted by Crippen LogP contribution is 2.27. The van der Waals surface area contributed by atoms with Crippen molar-refractivity contribution in [1.82, 2.24) is 5.32 Å². The maximum absolute atomic E-state index is 11.3. The Balaban J connectivity index is 1.47. The normalized spacial score (nSPS) is 25.5. The van der Waals surface area contributed by atoms with Gasteiger partial charge >= 0.3 is 5.97 Å². The van der Waals surface area contributed by atoms with Crippen LogP contribution >= 0.6 is 0 Å². The van der Waals surface area contributed by atoms with Gasteiger partial charge in [0.25, 0.3) is 0 Å². The van der Waals surface area contributed by atoms with Gasteiger partial charge in [0.1, 0.15) is 0 Å². The summed E-state index contributed by atoms with van der Waals surface area (Å²) in [6.07, 6.45) is 3.63. The summed E-state index contributed by atoms with van der Waals surface area (Å²) < 4.78 is 10.4. The van der Waals surface area contributed by atoms with Gasteiger partial charge in [-0.1, -0.05) is 0 Å². The second kappa shape index (κ2) is 5.47. The molecule has 0 spiro atoms. The molecule has 1 saturated heterocycles. The summed E-state index contributed by atoms with van der Waals surface area (Å²) in [4.78, 5) is 11.3. The van der Waals surface area contributed by atoms with Crippen molar-refractivity contribution in [3.8, 4) is 0 Å². The van der Waals surface area contributed by atoms with Crippen molar-refractivity contribution in [2.75, 3.05) is 32.9 Å². The monoisotopic (exact) mass is 213 g/mol. The Labute approximate surface area is 90.3 Å². The third-order valence-electron chi connectivity index (χ3n) is 2.90. The maximum atomic E-state index is 11.3. The summed E-state index contributed by atoms with van der Waals surface area (Å²) in [6, 6.07) is 0. The van der Waals surface area contributed by atoms with Crippen LogP contribution in [0.5, 0.6) is 0 Å². The van der Waals surface area contributed by atoms with Crippen LogP contribution in [0.1, 0.15) is 19.3 Å². The third kappa shape index (κ3) is 4.18. The summed E-state index contributed by atoms with van der Waals surface area (Å²) in [7, 11) is 0. The molecule has 0 aromatic rings. The van der Waals surface area contributed by atoms with Crippen LogP contribution in [0.2, 0.25) is 0 Å². The van der Waals surface area contributed by atoms with E-state index in [4.69, 9.17) is 9.47 Å². The molecule has 1 saturated carbocycles. The molecule has 2 rings (SSSR count). The lowest BCUT2D eigenvalue weighted by Crippen LogP contribution is -2.27. The van der Waals surface area contributed by atoms with Crippen LogP contribution in [0, 0.1) is 11.8 Å². The Morgan fingerprint density at radius 1 is 1.33 bits per heavy atom. The average Bonchev–Trinajstić information content (AvgIpc) is 2.91. The van der Waals surface area contributed by atoms with E-state index in [0.29, 0.717) is 19.1 Å². The third-order valence-corrected chi connectivity index (χ3v) is 2.90. The number of carbonyl (C=O) groups excluding carboxylic acids is 1. The first-order valence-electron chi connectivity index (χ1n) is 5.78. The fourth-order valence-electron chi connectivity index (χ4n) is 1.68. The molecule has 2 aliphatic rings. The summed E-state index contributed by atoms with van der Waals surface area (Å²) in [5.41, 5.74) is 0. The van der Waals surface area contributed by atoms with Crippen LogP contribution in [0.4, 0.5) is 0 Å². The molecule has 2 fully saturated rings. The van der Waals surface area contributed by atoms with Crippen molar-refractivity contribution in [1.29, 1.82) is 0 Å². The van der Waals surface area contributed by atoms with Gasteiger partial charge in [0.15, 0.2) is 0 Å². The van der Waals surface area contributed by atoms with E-state index in [9.17, 15) is 4.79 Å². The quantitative estimate of drug-likeness (QED) is 0.655. The zero-order valence-corrected chi connectivity index (χ0v) is 9.04. The number of carbonyl (C=O) groups is 1. The molecule has 1 atom stereocenters. The van der Waals surface area contributed by atoms with Crippen molar-refractivity contribution in [2.24, 2.45) is 11.8 Å². The molecule has 0 bridgehead atoms. The lowest BCUT2D eigenvalue weighted by molar-refractivity contribution is -0.143. The Bertz CT molecular complexity index is 210. The highest BCUT2D eigenvalue weighted by molar-refractivity contribution is 5.71. The summed E-state index contributed by atoms with van der Waals surface area (Å²) in [6.45, 7) is 3.38. The van der Waals surface area contributed by atoms with Gasteiger partial charge in [0.05, 0.1) is 19.8 Å². The van der Waals surface area contributed by atoms with E-state index in [1.807, 2.05) is 0 Å². The highest BCUT2D eigenvalue weighted by atomic mass is 16.5. The predicted octanol–water partition coefficient (Wildman–Crippen LogP) is 0.566.